The highest BCUT2D eigenvalue weighted by molar-refractivity contribution is 6.32. The van der Waals surface area contributed by atoms with Gasteiger partial charge in [-0.15, -0.1) is 18.3 Å². The first-order chi connectivity index (χ1) is 14.8. The first-order valence-electron chi connectivity index (χ1n) is 10.9. The molecule has 0 saturated carbocycles. The highest BCUT2D eigenvalue weighted by atomic mass is 35.5. The van der Waals surface area contributed by atoms with Crippen LogP contribution < -0.4 is 10.1 Å². The summed E-state index contributed by atoms with van der Waals surface area (Å²) in [6.07, 6.45) is 8.36. The van der Waals surface area contributed by atoms with Gasteiger partial charge >= 0.3 is 11.9 Å². The molecule has 0 fully saturated rings. The molecule has 0 saturated heterocycles. The van der Waals surface area contributed by atoms with E-state index in [9.17, 15) is 9.59 Å². The number of ether oxygens (including phenoxy) is 1. The average Bonchev–Trinajstić information content (AvgIpc) is 2.73. The summed E-state index contributed by atoms with van der Waals surface area (Å²) in [4.78, 5) is 22.2. The second kappa shape index (κ2) is 16.7. The van der Waals surface area contributed by atoms with Crippen molar-refractivity contribution in [2.45, 2.75) is 71.8 Å². The Kier molecular flexibility index (Phi) is 15.6. The summed E-state index contributed by atoms with van der Waals surface area (Å²) < 4.78 is 5.78. The van der Waals surface area contributed by atoms with E-state index < -0.39 is 17.4 Å². The Balaban J connectivity index is 0.00000961. The fraction of sp³-hybridized carbons (Fsp3) is 0.583. The minimum Gasteiger partial charge on any atom is -0.492 e. The molecule has 32 heavy (non-hydrogen) atoms. The number of carboxylic acid groups (broad SMARTS) is 2. The minimum absolute atomic E-state index is 0. The van der Waals surface area contributed by atoms with Gasteiger partial charge in [0, 0.05) is 13.0 Å². The van der Waals surface area contributed by atoms with E-state index >= 15 is 0 Å². The van der Waals surface area contributed by atoms with Gasteiger partial charge in [-0.25, -0.2) is 0 Å². The molecule has 1 rings (SSSR count). The molecule has 3 N–H and O–H groups in total. The van der Waals surface area contributed by atoms with E-state index in [1.54, 1.807) is 0 Å². The molecule has 1 aromatic carbocycles. The van der Waals surface area contributed by atoms with Crippen LogP contribution in [0.4, 0.5) is 0 Å². The molecule has 180 valence electrons. The van der Waals surface area contributed by atoms with E-state index in [2.05, 4.69) is 24.1 Å². The largest absolute Gasteiger partial charge is 0.492 e. The van der Waals surface area contributed by atoms with Crippen LogP contribution in [0.1, 0.15) is 70.8 Å². The second-order valence-corrected chi connectivity index (χ2v) is 8.22. The van der Waals surface area contributed by atoms with Gasteiger partial charge in [-0.2, -0.15) is 0 Å². The van der Waals surface area contributed by atoms with Gasteiger partial charge in [0.05, 0.1) is 18.2 Å². The third-order valence-corrected chi connectivity index (χ3v) is 5.35. The average molecular weight is 488 g/mol. The van der Waals surface area contributed by atoms with Gasteiger partial charge in [0.2, 0.25) is 0 Å². The molecule has 6 nitrogen and oxygen atoms in total. The van der Waals surface area contributed by atoms with Crippen molar-refractivity contribution in [3.63, 3.8) is 0 Å². The van der Waals surface area contributed by atoms with Crippen LogP contribution in [0.15, 0.2) is 18.2 Å². The number of unbranched alkanes of at least 4 members (excludes halogenated alkanes) is 6. The van der Waals surface area contributed by atoms with Gasteiger partial charge in [0.15, 0.2) is 5.41 Å². The number of carboxylic acids is 2. The summed E-state index contributed by atoms with van der Waals surface area (Å²) >= 11 is 6.31. The third kappa shape index (κ3) is 11.1. The van der Waals surface area contributed by atoms with Crippen LogP contribution in [0.5, 0.6) is 5.75 Å². The Labute approximate surface area is 202 Å². The molecule has 0 radical (unpaired) electrons. The standard InChI is InChI=1S/C24H34ClNO5.ClH/c1-3-4-5-6-7-8-11-16-31-21-13-12-19(17-20(21)25)18-26-15-10-9-14-24(2,22(27)28)23(29)30;/h12-13,17,26H,3-8,11,14-16,18H2,1-2H3,(H,27,28)(H,29,30);1H. The van der Waals surface area contributed by atoms with Crippen molar-refractivity contribution in [2.24, 2.45) is 5.41 Å². The molecular weight excluding hydrogens is 453 g/mol. The van der Waals surface area contributed by atoms with Crippen LogP contribution in [0, 0.1) is 17.3 Å². The van der Waals surface area contributed by atoms with Gasteiger partial charge in [-0.1, -0.05) is 69.0 Å². The van der Waals surface area contributed by atoms with Gasteiger partial charge < -0.3 is 20.3 Å². The highest BCUT2D eigenvalue weighted by Gasteiger charge is 2.40. The maximum Gasteiger partial charge on any atom is 0.321 e. The summed E-state index contributed by atoms with van der Waals surface area (Å²) in [7, 11) is 0. The normalized spacial score (nSPS) is 10.6. The number of carbonyl (C=O) groups is 2. The highest BCUT2D eigenvalue weighted by Crippen LogP contribution is 2.26. The summed E-state index contributed by atoms with van der Waals surface area (Å²) in [5, 5.41) is 21.7. The molecule has 0 atom stereocenters. The Morgan fingerprint density at radius 3 is 2.28 bits per heavy atom. The van der Waals surface area contributed by atoms with Crippen molar-refractivity contribution in [2.75, 3.05) is 13.2 Å². The number of aliphatic carboxylic acids is 2. The van der Waals surface area contributed by atoms with Crippen LogP contribution in [0.2, 0.25) is 5.02 Å². The zero-order chi connectivity index (χ0) is 23.1. The number of nitrogens with one attached hydrogen (secondary N) is 1. The van der Waals surface area contributed by atoms with Gasteiger partial charge in [-0.05, 0) is 31.0 Å². The molecule has 0 amide bonds. The zero-order valence-corrected chi connectivity index (χ0v) is 20.5. The van der Waals surface area contributed by atoms with Crippen molar-refractivity contribution < 1.29 is 24.5 Å². The van der Waals surface area contributed by atoms with Crippen molar-refractivity contribution in [3.8, 4) is 17.6 Å². The molecule has 0 aliphatic rings. The lowest BCUT2D eigenvalue weighted by Crippen LogP contribution is -2.35. The lowest BCUT2D eigenvalue weighted by Gasteiger charge is -2.15. The Hall–Kier alpha value is -1.94. The molecule has 0 heterocycles. The lowest BCUT2D eigenvalue weighted by atomic mass is 9.87. The van der Waals surface area contributed by atoms with Crippen molar-refractivity contribution in [3.05, 3.63) is 28.8 Å². The third-order valence-electron chi connectivity index (χ3n) is 5.06. The maximum atomic E-state index is 11.1. The van der Waals surface area contributed by atoms with E-state index in [0.29, 0.717) is 30.5 Å². The molecule has 0 aliphatic heterocycles. The minimum atomic E-state index is -1.90. The Morgan fingerprint density at radius 1 is 1.06 bits per heavy atom. The van der Waals surface area contributed by atoms with Gasteiger partial charge in [0.1, 0.15) is 5.75 Å². The van der Waals surface area contributed by atoms with Crippen LogP contribution in [0.25, 0.3) is 0 Å². The molecule has 1 aromatic rings. The molecule has 8 heteroatoms. The number of halogens is 2. The van der Waals surface area contributed by atoms with Crippen LogP contribution >= 0.6 is 24.0 Å². The van der Waals surface area contributed by atoms with Crippen LogP contribution in [-0.4, -0.2) is 35.3 Å². The number of rotatable bonds is 15. The lowest BCUT2D eigenvalue weighted by molar-refractivity contribution is -0.162. The number of benzene rings is 1. The molecule has 0 aromatic heterocycles. The topological polar surface area (TPSA) is 95.9 Å². The first-order valence-corrected chi connectivity index (χ1v) is 11.2. The SMILES string of the molecule is CCCCCCCCCOc1ccc(CNCC#CCC(C)(C(=O)O)C(=O)O)cc1Cl.Cl. The van der Waals surface area contributed by atoms with E-state index in [4.69, 9.17) is 26.6 Å². The second-order valence-electron chi connectivity index (χ2n) is 7.81. The van der Waals surface area contributed by atoms with E-state index in [1.165, 1.54) is 38.5 Å². The first kappa shape index (κ1) is 30.1. The van der Waals surface area contributed by atoms with Crippen molar-refractivity contribution in [1.29, 1.82) is 0 Å². The summed E-state index contributed by atoms with van der Waals surface area (Å²) in [6.45, 7) is 4.87. The number of hydrogen-bond acceptors (Lipinski definition) is 4. The fourth-order valence-corrected chi connectivity index (χ4v) is 3.08. The summed E-state index contributed by atoms with van der Waals surface area (Å²) in [6, 6.07) is 5.63. The quantitative estimate of drug-likeness (QED) is 0.170. The van der Waals surface area contributed by atoms with Crippen LogP contribution in [-0.2, 0) is 16.1 Å². The Morgan fingerprint density at radius 2 is 1.69 bits per heavy atom. The molecule has 0 unspecified atom stereocenters. The monoisotopic (exact) mass is 487 g/mol. The molecular formula is C24H35Cl2NO5. The van der Waals surface area contributed by atoms with Crippen molar-refractivity contribution >= 4 is 35.9 Å². The predicted octanol–water partition coefficient (Wildman–Crippen LogP) is 5.55. The maximum absolute atomic E-state index is 11.1. The van der Waals surface area contributed by atoms with E-state index in [-0.39, 0.29) is 18.8 Å². The predicted molar refractivity (Wildman–Crippen MR) is 130 cm³/mol. The summed E-state index contributed by atoms with van der Waals surface area (Å²) in [5.41, 5.74) is -0.929. The van der Waals surface area contributed by atoms with E-state index in [1.807, 2.05) is 18.2 Å². The van der Waals surface area contributed by atoms with Gasteiger partial charge in [0.25, 0.3) is 0 Å². The fourth-order valence-electron chi connectivity index (χ4n) is 2.83. The molecule has 0 aliphatic carbocycles. The Bertz CT molecular complexity index is 759. The molecule has 0 bridgehead atoms. The molecule has 0 spiro atoms. The smallest absolute Gasteiger partial charge is 0.321 e. The summed E-state index contributed by atoms with van der Waals surface area (Å²) in [5.74, 6) is 3.26. The van der Waals surface area contributed by atoms with Crippen LogP contribution in [0.3, 0.4) is 0 Å². The zero-order valence-electron chi connectivity index (χ0n) is 18.9. The van der Waals surface area contributed by atoms with E-state index in [0.717, 1.165) is 18.9 Å². The van der Waals surface area contributed by atoms with Crippen molar-refractivity contribution in [1.82, 2.24) is 5.32 Å². The number of hydrogen-bond donors (Lipinski definition) is 3. The van der Waals surface area contributed by atoms with Gasteiger partial charge in [-0.3, -0.25) is 9.59 Å².